The molecule has 0 atom stereocenters. The fourth-order valence-electron chi connectivity index (χ4n) is 2.09. The number of ether oxygens (including phenoxy) is 3. The van der Waals surface area contributed by atoms with Crippen LogP contribution in [-0.2, 0) is 14.3 Å². The first-order valence-corrected chi connectivity index (χ1v) is 8.09. The van der Waals surface area contributed by atoms with Gasteiger partial charge in [0, 0.05) is 5.02 Å². The van der Waals surface area contributed by atoms with Crippen molar-refractivity contribution in [3.05, 3.63) is 33.9 Å². The maximum atomic E-state index is 11.9. The summed E-state index contributed by atoms with van der Waals surface area (Å²) in [4.78, 5) is 27.8. The molecule has 0 aliphatic carbocycles. The van der Waals surface area contributed by atoms with Crippen molar-refractivity contribution in [2.24, 2.45) is 0 Å². The van der Waals surface area contributed by atoms with Gasteiger partial charge in [-0.3, -0.25) is 0 Å². The van der Waals surface area contributed by atoms with Gasteiger partial charge in [0.25, 0.3) is 0 Å². The van der Waals surface area contributed by atoms with Crippen LogP contribution in [0.5, 0.6) is 5.88 Å². The van der Waals surface area contributed by atoms with Gasteiger partial charge >= 0.3 is 11.9 Å². The van der Waals surface area contributed by atoms with Crippen LogP contribution < -0.4 is 4.74 Å². The van der Waals surface area contributed by atoms with Crippen molar-refractivity contribution >= 4 is 45.9 Å². The Hall–Kier alpha value is -2.05. The van der Waals surface area contributed by atoms with Crippen LogP contribution >= 0.6 is 23.2 Å². The van der Waals surface area contributed by atoms with E-state index >= 15 is 0 Å². The van der Waals surface area contributed by atoms with Crippen LogP contribution in [0.25, 0.3) is 10.8 Å². The summed E-state index contributed by atoms with van der Waals surface area (Å²) in [6, 6.07) is 4.61. The third-order valence-electron chi connectivity index (χ3n) is 2.95. The number of carbonyl (C=O) groups excluding carboxylic acids is 2. The second-order valence-corrected chi connectivity index (χ2v) is 7.01. The Bertz CT molecular complexity index is 830. The highest BCUT2D eigenvalue weighted by Crippen LogP contribution is 2.34. The van der Waals surface area contributed by atoms with Gasteiger partial charge in [-0.25, -0.2) is 14.6 Å². The zero-order valence-electron chi connectivity index (χ0n) is 14.2. The molecule has 0 fully saturated rings. The molecule has 8 heteroatoms. The van der Waals surface area contributed by atoms with Crippen molar-refractivity contribution in [2.75, 3.05) is 13.7 Å². The van der Waals surface area contributed by atoms with E-state index in [1.807, 2.05) is 0 Å². The molecule has 1 aromatic carbocycles. The lowest BCUT2D eigenvalue weighted by Crippen LogP contribution is -2.27. The first-order chi connectivity index (χ1) is 11.6. The quantitative estimate of drug-likeness (QED) is 0.738. The second kappa shape index (κ2) is 7.45. The van der Waals surface area contributed by atoms with E-state index in [-0.39, 0.29) is 23.2 Å². The number of benzene rings is 1. The van der Waals surface area contributed by atoms with E-state index in [1.54, 1.807) is 26.8 Å². The summed E-state index contributed by atoms with van der Waals surface area (Å²) in [6.07, 6.45) is 0. The Kier molecular flexibility index (Phi) is 5.75. The number of rotatable bonds is 4. The van der Waals surface area contributed by atoms with Crippen molar-refractivity contribution in [3.63, 3.8) is 0 Å². The van der Waals surface area contributed by atoms with E-state index in [0.717, 1.165) is 0 Å². The molecule has 0 aliphatic rings. The molecule has 0 amide bonds. The summed E-state index contributed by atoms with van der Waals surface area (Å²) in [5.41, 5.74) is -0.637. The summed E-state index contributed by atoms with van der Waals surface area (Å²) < 4.78 is 15.3. The Morgan fingerprint density at radius 2 is 1.84 bits per heavy atom. The molecule has 2 rings (SSSR count). The monoisotopic (exact) mass is 385 g/mol. The van der Waals surface area contributed by atoms with E-state index in [4.69, 9.17) is 32.7 Å². The Balaban J connectivity index is 2.42. The van der Waals surface area contributed by atoms with Gasteiger partial charge in [-0.1, -0.05) is 23.2 Å². The van der Waals surface area contributed by atoms with E-state index in [9.17, 15) is 9.59 Å². The highest BCUT2D eigenvalue weighted by atomic mass is 35.5. The minimum absolute atomic E-state index is 0.00696. The molecule has 134 valence electrons. The van der Waals surface area contributed by atoms with Crippen LogP contribution in [0, 0.1) is 0 Å². The number of nitrogens with zero attached hydrogens (tertiary/aromatic N) is 1. The lowest BCUT2D eigenvalue weighted by Gasteiger charge is -2.19. The molecule has 25 heavy (non-hydrogen) atoms. The van der Waals surface area contributed by atoms with Crippen LogP contribution in [0.4, 0.5) is 0 Å². The molecular formula is C17H17Cl2NO5. The highest BCUT2D eigenvalue weighted by Gasteiger charge is 2.20. The number of fused-ring (bicyclic) bond motifs is 1. The average Bonchev–Trinajstić information content (AvgIpc) is 2.49. The van der Waals surface area contributed by atoms with Gasteiger partial charge in [0.1, 0.15) is 5.60 Å². The number of halogens is 2. The van der Waals surface area contributed by atoms with E-state index in [1.165, 1.54) is 19.2 Å². The van der Waals surface area contributed by atoms with Crippen LogP contribution in [0.3, 0.4) is 0 Å². The molecule has 2 aromatic rings. The van der Waals surface area contributed by atoms with Crippen molar-refractivity contribution in [2.45, 2.75) is 26.4 Å². The fraction of sp³-hybridized carbons (Fsp3) is 0.353. The number of esters is 2. The second-order valence-electron chi connectivity index (χ2n) is 6.17. The summed E-state index contributed by atoms with van der Waals surface area (Å²) in [5, 5.41) is 1.64. The zero-order chi connectivity index (χ0) is 18.8. The Labute approximate surface area is 155 Å². The molecule has 0 unspecified atom stereocenters. The number of pyridine rings is 1. The molecule has 0 aliphatic heterocycles. The minimum atomic E-state index is -0.653. The molecule has 0 spiro atoms. The van der Waals surface area contributed by atoms with Crippen LogP contribution in [0.1, 0.15) is 31.3 Å². The molecular weight excluding hydrogens is 369 g/mol. The third kappa shape index (κ3) is 4.96. The lowest BCUT2D eigenvalue weighted by atomic mass is 10.1. The van der Waals surface area contributed by atoms with Gasteiger partial charge in [-0.15, -0.1) is 0 Å². The number of aromatic nitrogens is 1. The molecule has 0 N–H and O–H groups in total. The maximum Gasteiger partial charge on any atom is 0.356 e. The van der Waals surface area contributed by atoms with E-state index < -0.39 is 17.5 Å². The predicted octanol–water partition coefficient (Wildman–Crippen LogP) is 4.05. The van der Waals surface area contributed by atoms with Crippen LogP contribution in [0.2, 0.25) is 10.0 Å². The number of carbonyl (C=O) groups is 2. The highest BCUT2D eigenvalue weighted by molar-refractivity contribution is 6.39. The zero-order valence-corrected chi connectivity index (χ0v) is 15.7. The molecule has 6 nitrogen and oxygen atoms in total. The standard InChI is InChI=1S/C17H17Cl2NO5/c1-17(2,3)25-13(21)8-24-15-14-9(5-10(18)7-11(14)19)6-12(20-15)16(22)23-4/h5-7H,8H2,1-4H3. The Morgan fingerprint density at radius 3 is 2.44 bits per heavy atom. The topological polar surface area (TPSA) is 74.7 Å². The largest absolute Gasteiger partial charge is 0.465 e. The number of hydrogen-bond donors (Lipinski definition) is 0. The maximum absolute atomic E-state index is 11.9. The van der Waals surface area contributed by atoms with Gasteiger partial charge in [0.2, 0.25) is 5.88 Å². The first-order valence-electron chi connectivity index (χ1n) is 7.33. The van der Waals surface area contributed by atoms with Crippen molar-refractivity contribution in [1.82, 2.24) is 4.98 Å². The average molecular weight is 386 g/mol. The number of hydrogen-bond acceptors (Lipinski definition) is 6. The van der Waals surface area contributed by atoms with Gasteiger partial charge in [-0.05, 0) is 44.4 Å². The van der Waals surface area contributed by atoms with Crippen LogP contribution in [0.15, 0.2) is 18.2 Å². The summed E-state index contributed by atoms with van der Waals surface area (Å²) in [7, 11) is 1.24. The SMILES string of the molecule is COC(=O)c1cc2cc(Cl)cc(Cl)c2c(OCC(=O)OC(C)(C)C)n1. The molecule has 0 saturated heterocycles. The van der Waals surface area contributed by atoms with E-state index in [0.29, 0.717) is 15.8 Å². The van der Waals surface area contributed by atoms with Crippen molar-refractivity contribution in [1.29, 1.82) is 0 Å². The van der Waals surface area contributed by atoms with Gasteiger partial charge in [-0.2, -0.15) is 0 Å². The lowest BCUT2D eigenvalue weighted by molar-refractivity contribution is -0.157. The normalized spacial score (nSPS) is 11.3. The first kappa shape index (κ1) is 19.3. The summed E-state index contributed by atoms with van der Waals surface area (Å²) in [6.45, 7) is 4.85. The summed E-state index contributed by atoms with van der Waals surface area (Å²) >= 11 is 12.2. The van der Waals surface area contributed by atoms with Crippen LogP contribution in [-0.4, -0.2) is 36.2 Å². The Morgan fingerprint density at radius 1 is 1.16 bits per heavy atom. The number of methoxy groups -OCH3 is 1. The van der Waals surface area contributed by atoms with Crippen molar-refractivity contribution < 1.29 is 23.8 Å². The third-order valence-corrected chi connectivity index (χ3v) is 3.47. The fourth-order valence-corrected chi connectivity index (χ4v) is 2.68. The van der Waals surface area contributed by atoms with Gasteiger partial charge < -0.3 is 14.2 Å². The molecule has 0 saturated carbocycles. The molecule has 1 heterocycles. The van der Waals surface area contributed by atoms with Gasteiger partial charge in [0.15, 0.2) is 12.3 Å². The van der Waals surface area contributed by atoms with Crippen molar-refractivity contribution in [3.8, 4) is 5.88 Å². The smallest absolute Gasteiger partial charge is 0.356 e. The minimum Gasteiger partial charge on any atom is -0.465 e. The molecule has 0 bridgehead atoms. The van der Waals surface area contributed by atoms with Gasteiger partial charge in [0.05, 0.1) is 17.5 Å². The molecule has 0 radical (unpaired) electrons. The van der Waals surface area contributed by atoms with E-state index in [2.05, 4.69) is 9.72 Å². The summed E-state index contributed by atoms with van der Waals surface area (Å²) in [5.74, 6) is -1.21. The predicted molar refractivity (Wildman–Crippen MR) is 94.4 cm³/mol. The molecule has 1 aromatic heterocycles.